The summed E-state index contributed by atoms with van der Waals surface area (Å²) < 4.78 is 1.45. The van der Waals surface area contributed by atoms with E-state index < -0.39 is 17.9 Å². The summed E-state index contributed by atoms with van der Waals surface area (Å²) in [4.78, 5) is 22.8. The third-order valence-electron chi connectivity index (χ3n) is 2.53. The number of nitrogens with one attached hydrogen (secondary N) is 1. The molecule has 0 spiro atoms. The number of carbonyl (C=O) groups is 2. The second kappa shape index (κ2) is 6.00. The first-order chi connectivity index (χ1) is 8.49. The molecule has 0 fully saturated rings. The van der Waals surface area contributed by atoms with Crippen molar-refractivity contribution in [2.45, 2.75) is 25.8 Å². The van der Waals surface area contributed by atoms with E-state index in [0.717, 1.165) is 12.1 Å². The summed E-state index contributed by atoms with van der Waals surface area (Å²) in [6.07, 6.45) is 2.36. The van der Waals surface area contributed by atoms with Crippen molar-refractivity contribution >= 4 is 11.9 Å². The van der Waals surface area contributed by atoms with Gasteiger partial charge in [0.15, 0.2) is 0 Å². The zero-order valence-corrected chi connectivity index (χ0v) is 10.5. The van der Waals surface area contributed by atoms with Crippen molar-refractivity contribution in [3.63, 3.8) is 0 Å². The number of aryl methyl sites for hydroxylation is 2. The second-order valence-electron chi connectivity index (χ2n) is 3.89. The molecule has 0 bridgehead atoms. The van der Waals surface area contributed by atoms with Crippen LogP contribution < -0.4 is 5.32 Å². The van der Waals surface area contributed by atoms with Crippen LogP contribution in [0.4, 0.5) is 0 Å². The Kier molecular flexibility index (Phi) is 4.65. The number of carboxylic acid groups (broad SMARTS) is 1. The summed E-state index contributed by atoms with van der Waals surface area (Å²) in [5.41, 5.74) is 1.14. The van der Waals surface area contributed by atoms with E-state index in [2.05, 4.69) is 17.0 Å². The van der Waals surface area contributed by atoms with Crippen LogP contribution in [0.15, 0.2) is 18.7 Å². The van der Waals surface area contributed by atoms with Gasteiger partial charge in [-0.15, -0.1) is 6.58 Å². The molecule has 6 heteroatoms. The molecule has 6 nitrogen and oxygen atoms in total. The number of hydrogen-bond donors (Lipinski definition) is 2. The lowest BCUT2D eigenvalue weighted by molar-refractivity contribution is -0.139. The second-order valence-corrected chi connectivity index (χ2v) is 3.89. The Morgan fingerprint density at radius 3 is 2.78 bits per heavy atom. The molecule has 1 aromatic rings. The fourth-order valence-electron chi connectivity index (χ4n) is 1.53. The van der Waals surface area contributed by atoms with E-state index in [9.17, 15) is 9.59 Å². The van der Waals surface area contributed by atoms with Gasteiger partial charge in [0, 0.05) is 7.05 Å². The predicted molar refractivity (Wildman–Crippen MR) is 66.3 cm³/mol. The van der Waals surface area contributed by atoms with Crippen molar-refractivity contribution in [2.24, 2.45) is 7.05 Å². The van der Waals surface area contributed by atoms with Crippen LogP contribution in [-0.2, 0) is 18.3 Å². The Bertz CT molecular complexity index is 465. The van der Waals surface area contributed by atoms with E-state index in [4.69, 9.17) is 5.11 Å². The molecule has 0 aliphatic carbocycles. The maximum Gasteiger partial charge on any atom is 0.326 e. The number of nitrogens with zero attached hydrogens (tertiary/aromatic N) is 2. The zero-order valence-electron chi connectivity index (χ0n) is 10.5. The lowest BCUT2D eigenvalue weighted by atomic mass is 10.2. The first-order valence-electron chi connectivity index (χ1n) is 5.67. The van der Waals surface area contributed by atoms with E-state index in [-0.39, 0.29) is 6.42 Å². The Balaban J connectivity index is 2.82. The lowest BCUT2D eigenvalue weighted by Crippen LogP contribution is -2.41. The van der Waals surface area contributed by atoms with Gasteiger partial charge in [-0.1, -0.05) is 13.0 Å². The average Bonchev–Trinajstić information content (AvgIpc) is 2.69. The van der Waals surface area contributed by atoms with Gasteiger partial charge in [0.2, 0.25) is 0 Å². The summed E-state index contributed by atoms with van der Waals surface area (Å²) in [6, 6.07) is 0.692. The van der Waals surface area contributed by atoms with Gasteiger partial charge in [-0.3, -0.25) is 9.48 Å². The molecule has 0 aromatic carbocycles. The molecule has 98 valence electrons. The van der Waals surface area contributed by atoms with E-state index in [1.165, 1.54) is 10.8 Å². The van der Waals surface area contributed by atoms with Gasteiger partial charge in [0.25, 0.3) is 5.91 Å². The topological polar surface area (TPSA) is 84.2 Å². The van der Waals surface area contributed by atoms with E-state index in [0.29, 0.717) is 5.69 Å². The highest BCUT2D eigenvalue weighted by Crippen LogP contribution is 2.05. The van der Waals surface area contributed by atoms with Gasteiger partial charge in [-0.25, -0.2) is 4.79 Å². The molecule has 1 heterocycles. The van der Waals surface area contributed by atoms with Gasteiger partial charge >= 0.3 is 5.97 Å². The van der Waals surface area contributed by atoms with Crippen LogP contribution in [0.2, 0.25) is 0 Å². The predicted octanol–water partition coefficient (Wildman–Crippen LogP) is 0.742. The van der Waals surface area contributed by atoms with Gasteiger partial charge < -0.3 is 10.4 Å². The van der Waals surface area contributed by atoms with Crippen molar-refractivity contribution in [3.05, 3.63) is 30.1 Å². The first kappa shape index (κ1) is 14.0. The van der Waals surface area contributed by atoms with Crippen LogP contribution in [0.5, 0.6) is 0 Å². The molecule has 1 atom stereocenters. The van der Waals surface area contributed by atoms with Crippen LogP contribution in [0.25, 0.3) is 0 Å². The molecule has 2 N–H and O–H groups in total. The minimum atomic E-state index is -1.08. The Morgan fingerprint density at radius 1 is 1.67 bits per heavy atom. The Hall–Kier alpha value is -2.11. The standard InChI is InChI=1S/C12H17N3O3/c1-4-6-9(12(17)18)13-11(16)10-7-8(5-2)14-15(10)3/h4,7,9H,1,5-6H2,2-3H3,(H,13,16)(H,17,18). The maximum absolute atomic E-state index is 11.9. The minimum Gasteiger partial charge on any atom is -0.480 e. The first-order valence-corrected chi connectivity index (χ1v) is 5.67. The van der Waals surface area contributed by atoms with Crippen molar-refractivity contribution in [1.29, 1.82) is 0 Å². The largest absolute Gasteiger partial charge is 0.480 e. The fraction of sp³-hybridized carbons (Fsp3) is 0.417. The summed E-state index contributed by atoms with van der Waals surface area (Å²) in [7, 11) is 1.65. The molecule has 0 saturated carbocycles. The van der Waals surface area contributed by atoms with Gasteiger partial charge in [0.1, 0.15) is 11.7 Å². The third-order valence-corrected chi connectivity index (χ3v) is 2.53. The van der Waals surface area contributed by atoms with Crippen molar-refractivity contribution < 1.29 is 14.7 Å². The van der Waals surface area contributed by atoms with Crippen molar-refractivity contribution in [1.82, 2.24) is 15.1 Å². The highest BCUT2D eigenvalue weighted by Gasteiger charge is 2.21. The number of aromatic nitrogens is 2. The van der Waals surface area contributed by atoms with Crippen LogP contribution >= 0.6 is 0 Å². The summed E-state index contributed by atoms with van der Waals surface area (Å²) in [6.45, 7) is 5.40. The summed E-state index contributed by atoms with van der Waals surface area (Å²) in [5, 5.41) is 15.5. The van der Waals surface area contributed by atoms with Crippen molar-refractivity contribution in [2.75, 3.05) is 0 Å². The summed E-state index contributed by atoms with van der Waals surface area (Å²) in [5.74, 6) is -1.53. The minimum absolute atomic E-state index is 0.180. The summed E-state index contributed by atoms with van der Waals surface area (Å²) >= 11 is 0. The van der Waals surface area contributed by atoms with Gasteiger partial charge in [0.05, 0.1) is 5.69 Å². The van der Waals surface area contributed by atoms with Gasteiger partial charge in [-0.05, 0) is 18.9 Å². The zero-order chi connectivity index (χ0) is 13.7. The molecule has 1 aromatic heterocycles. The number of aliphatic carboxylic acids is 1. The van der Waals surface area contributed by atoms with Crippen LogP contribution in [0.3, 0.4) is 0 Å². The van der Waals surface area contributed by atoms with Crippen molar-refractivity contribution in [3.8, 4) is 0 Å². The molecule has 0 saturated heterocycles. The van der Waals surface area contributed by atoms with Crippen LogP contribution in [-0.4, -0.2) is 32.8 Å². The number of amides is 1. The van der Waals surface area contributed by atoms with E-state index >= 15 is 0 Å². The average molecular weight is 251 g/mol. The molecule has 0 aliphatic heterocycles. The molecular formula is C12H17N3O3. The third kappa shape index (κ3) is 3.19. The van der Waals surface area contributed by atoms with Crippen LogP contribution in [0.1, 0.15) is 29.5 Å². The van der Waals surface area contributed by atoms with Crippen LogP contribution in [0, 0.1) is 0 Å². The Labute approximate surface area is 105 Å². The molecule has 1 unspecified atom stereocenters. The van der Waals surface area contributed by atoms with Gasteiger partial charge in [-0.2, -0.15) is 5.10 Å². The van der Waals surface area contributed by atoms with E-state index in [1.807, 2.05) is 6.92 Å². The quantitative estimate of drug-likeness (QED) is 0.730. The number of rotatable bonds is 6. The molecule has 0 aliphatic rings. The Morgan fingerprint density at radius 2 is 2.33 bits per heavy atom. The maximum atomic E-state index is 11.9. The molecule has 1 amide bonds. The highest BCUT2D eigenvalue weighted by molar-refractivity contribution is 5.95. The monoisotopic (exact) mass is 251 g/mol. The molecule has 18 heavy (non-hydrogen) atoms. The molecule has 1 rings (SSSR count). The molecule has 0 radical (unpaired) electrons. The smallest absolute Gasteiger partial charge is 0.326 e. The fourth-order valence-corrected chi connectivity index (χ4v) is 1.53. The number of carboxylic acids is 1. The lowest BCUT2D eigenvalue weighted by Gasteiger charge is -2.12. The molecular weight excluding hydrogens is 234 g/mol. The number of hydrogen-bond acceptors (Lipinski definition) is 3. The highest BCUT2D eigenvalue weighted by atomic mass is 16.4. The number of carbonyl (C=O) groups excluding carboxylic acids is 1. The van der Waals surface area contributed by atoms with E-state index in [1.54, 1.807) is 13.1 Å². The SMILES string of the molecule is C=CCC(NC(=O)c1cc(CC)nn1C)C(=O)O. The normalized spacial score (nSPS) is 11.9.